The smallest absolute Gasteiger partial charge is 0.271 e. The van der Waals surface area contributed by atoms with Gasteiger partial charge < -0.3 is 9.47 Å². The summed E-state index contributed by atoms with van der Waals surface area (Å²) >= 11 is 7.65. The molecule has 2 heterocycles. The molecule has 0 saturated heterocycles. The fourth-order valence-corrected chi connectivity index (χ4v) is 4.39. The molecule has 5 heteroatoms. The summed E-state index contributed by atoms with van der Waals surface area (Å²) in [5.74, 6) is -0.000758. The summed E-state index contributed by atoms with van der Waals surface area (Å²) in [7, 11) is 0. The summed E-state index contributed by atoms with van der Waals surface area (Å²) in [6.07, 6.45) is 1.76. The quantitative estimate of drug-likeness (QED) is 0.325. The normalized spacial score (nSPS) is 10.9. The van der Waals surface area contributed by atoms with Crippen molar-refractivity contribution in [1.82, 2.24) is 9.47 Å². The van der Waals surface area contributed by atoms with Crippen molar-refractivity contribution in [2.75, 3.05) is 6.54 Å². The van der Waals surface area contributed by atoms with E-state index in [-0.39, 0.29) is 5.91 Å². The molecule has 3 nitrogen and oxygen atoms in total. The van der Waals surface area contributed by atoms with E-state index >= 15 is 0 Å². The SMILES string of the molecule is C=CCN(Cc1ccc(Cl)cc1)C(=O)c1cc2sccc2n1Cc1ccccc1. The van der Waals surface area contributed by atoms with Gasteiger partial charge >= 0.3 is 0 Å². The number of hydrogen-bond acceptors (Lipinski definition) is 2. The van der Waals surface area contributed by atoms with Gasteiger partial charge in [-0.3, -0.25) is 4.79 Å². The maximum Gasteiger partial charge on any atom is 0.271 e. The Bertz CT molecular complexity index is 1130. The Kier molecular flexibility index (Phi) is 5.84. The first-order valence-corrected chi connectivity index (χ1v) is 10.7. The van der Waals surface area contributed by atoms with Crippen LogP contribution >= 0.6 is 22.9 Å². The second-order valence-corrected chi connectivity index (χ2v) is 8.26. The number of rotatable bonds is 7. The predicted octanol–water partition coefficient (Wildman–Crippen LogP) is 6.23. The van der Waals surface area contributed by atoms with E-state index in [4.69, 9.17) is 11.6 Å². The lowest BCUT2D eigenvalue weighted by Crippen LogP contribution is -2.32. The molecule has 146 valence electrons. The van der Waals surface area contributed by atoms with Gasteiger partial charge in [0.15, 0.2) is 0 Å². The Morgan fingerprint density at radius 1 is 1.07 bits per heavy atom. The molecule has 0 aliphatic heterocycles. The highest BCUT2D eigenvalue weighted by molar-refractivity contribution is 7.17. The summed E-state index contributed by atoms with van der Waals surface area (Å²) in [6, 6.07) is 21.9. The molecule has 0 radical (unpaired) electrons. The van der Waals surface area contributed by atoms with Crippen LogP contribution in [-0.4, -0.2) is 21.9 Å². The Morgan fingerprint density at radius 3 is 2.55 bits per heavy atom. The summed E-state index contributed by atoms with van der Waals surface area (Å²) in [5, 5.41) is 2.75. The van der Waals surface area contributed by atoms with Crippen molar-refractivity contribution >= 4 is 39.1 Å². The average molecular weight is 421 g/mol. The number of carbonyl (C=O) groups excluding carboxylic acids is 1. The molecule has 29 heavy (non-hydrogen) atoms. The van der Waals surface area contributed by atoms with Gasteiger partial charge in [-0.05, 0) is 40.8 Å². The molecule has 0 aliphatic carbocycles. The van der Waals surface area contributed by atoms with Crippen molar-refractivity contribution in [3.8, 4) is 0 Å². The molecule has 4 rings (SSSR count). The molecule has 0 atom stereocenters. The van der Waals surface area contributed by atoms with Crippen LogP contribution in [-0.2, 0) is 13.1 Å². The molecular formula is C24H21ClN2OS. The number of amides is 1. The highest BCUT2D eigenvalue weighted by atomic mass is 35.5. The van der Waals surface area contributed by atoms with Crippen LogP contribution in [0.4, 0.5) is 0 Å². The summed E-state index contributed by atoms with van der Waals surface area (Å²) in [5.41, 5.74) is 3.99. The van der Waals surface area contributed by atoms with Crippen LogP contribution in [0.25, 0.3) is 10.2 Å². The van der Waals surface area contributed by atoms with Crippen LogP contribution in [0.5, 0.6) is 0 Å². The molecule has 4 aromatic rings. The Hall–Kier alpha value is -2.82. The molecule has 0 spiro atoms. The minimum Gasteiger partial charge on any atom is -0.331 e. The molecule has 0 fully saturated rings. The van der Waals surface area contributed by atoms with Crippen molar-refractivity contribution in [2.24, 2.45) is 0 Å². The predicted molar refractivity (Wildman–Crippen MR) is 122 cm³/mol. The van der Waals surface area contributed by atoms with Crippen molar-refractivity contribution in [3.63, 3.8) is 0 Å². The lowest BCUT2D eigenvalue weighted by Gasteiger charge is -2.22. The van der Waals surface area contributed by atoms with E-state index in [1.54, 1.807) is 17.4 Å². The van der Waals surface area contributed by atoms with Gasteiger partial charge in [0.25, 0.3) is 5.91 Å². The summed E-state index contributed by atoms with van der Waals surface area (Å²) in [6.45, 7) is 5.48. The maximum atomic E-state index is 13.5. The van der Waals surface area contributed by atoms with Crippen molar-refractivity contribution in [3.05, 3.63) is 107 Å². The van der Waals surface area contributed by atoms with E-state index in [9.17, 15) is 4.79 Å². The van der Waals surface area contributed by atoms with Gasteiger partial charge in [0.2, 0.25) is 0 Å². The van der Waals surface area contributed by atoms with E-state index in [1.807, 2.05) is 53.4 Å². The third kappa shape index (κ3) is 4.29. The zero-order chi connectivity index (χ0) is 20.2. The first-order chi connectivity index (χ1) is 14.2. The van der Waals surface area contributed by atoms with E-state index in [0.29, 0.717) is 30.4 Å². The van der Waals surface area contributed by atoms with E-state index < -0.39 is 0 Å². The number of halogens is 1. The van der Waals surface area contributed by atoms with Crippen LogP contribution in [0, 0.1) is 0 Å². The third-order valence-corrected chi connectivity index (χ3v) is 5.95. The van der Waals surface area contributed by atoms with Crippen molar-refractivity contribution in [2.45, 2.75) is 13.1 Å². The average Bonchev–Trinajstić information content (AvgIpc) is 3.32. The van der Waals surface area contributed by atoms with Crippen LogP contribution in [0.1, 0.15) is 21.6 Å². The zero-order valence-corrected chi connectivity index (χ0v) is 17.5. The van der Waals surface area contributed by atoms with Crippen molar-refractivity contribution < 1.29 is 4.79 Å². The second-order valence-electron chi connectivity index (χ2n) is 6.87. The molecule has 0 unspecified atom stereocenters. The third-order valence-electron chi connectivity index (χ3n) is 4.85. The number of aromatic nitrogens is 1. The number of carbonyl (C=O) groups is 1. The van der Waals surface area contributed by atoms with Gasteiger partial charge in [0, 0.05) is 24.7 Å². The fourth-order valence-electron chi connectivity index (χ4n) is 3.44. The molecule has 0 saturated carbocycles. The number of thiophene rings is 1. The molecule has 0 aliphatic rings. The standard InChI is InChI=1S/C24H21ClN2OS/c1-2-13-26(16-19-8-10-20(25)11-9-19)24(28)22-15-23-21(12-14-29-23)27(22)17-18-6-4-3-5-7-18/h2-12,14-15H,1,13,16-17H2. The van der Waals surface area contributed by atoms with Crippen LogP contribution in [0.15, 0.2) is 84.8 Å². The molecule has 2 aromatic heterocycles. The van der Waals surface area contributed by atoms with Crippen LogP contribution in [0.3, 0.4) is 0 Å². The monoisotopic (exact) mass is 420 g/mol. The minimum atomic E-state index is -0.000758. The number of benzene rings is 2. The Balaban J connectivity index is 1.68. The summed E-state index contributed by atoms with van der Waals surface area (Å²) in [4.78, 5) is 15.3. The van der Waals surface area contributed by atoms with Crippen LogP contribution in [0.2, 0.25) is 5.02 Å². The molecular weight excluding hydrogens is 400 g/mol. The van der Waals surface area contributed by atoms with E-state index in [2.05, 4.69) is 34.7 Å². The highest BCUT2D eigenvalue weighted by Crippen LogP contribution is 2.27. The second kappa shape index (κ2) is 8.68. The number of fused-ring (bicyclic) bond motifs is 1. The highest BCUT2D eigenvalue weighted by Gasteiger charge is 2.22. The Labute approximate surface area is 179 Å². The largest absolute Gasteiger partial charge is 0.331 e. The Morgan fingerprint density at radius 2 is 1.83 bits per heavy atom. The lowest BCUT2D eigenvalue weighted by atomic mass is 10.2. The van der Waals surface area contributed by atoms with Gasteiger partial charge in [-0.2, -0.15) is 0 Å². The number of nitrogens with zero attached hydrogens (tertiary/aromatic N) is 2. The topological polar surface area (TPSA) is 25.2 Å². The van der Waals surface area contributed by atoms with Gasteiger partial charge in [-0.15, -0.1) is 17.9 Å². The number of hydrogen-bond donors (Lipinski definition) is 0. The first kappa shape index (κ1) is 19.5. The van der Waals surface area contributed by atoms with E-state index in [1.165, 1.54) is 5.56 Å². The minimum absolute atomic E-state index is 0.000758. The van der Waals surface area contributed by atoms with Gasteiger partial charge in [-0.25, -0.2) is 0 Å². The lowest BCUT2D eigenvalue weighted by molar-refractivity contribution is 0.0753. The molecule has 2 aromatic carbocycles. The maximum absolute atomic E-state index is 13.5. The molecule has 0 bridgehead atoms. The van der Waals surface area contributed by atoms with Gasteiger partial charge in [0.05, 0.1) is 10.2 Å². The molecule has 1 amide bonds. The summed E-state index contributed by atoms with van der Waals surface area (Å²) < 4.78 is 3.23. The molecule has 0 N–H and O–H groups in total. The first-order valence-electron chi connectivity index (χ1n) is 9.41. The van der Waals surface area contributed by atoms with Crippen LogP contribution < -0.4 is 0 Å². The van der Waals surface area contributed by atoms with Gasteiger partial charge in [0.1, 0.15) is 5.69 Å². The fraction of sp³-hybridized carbons (Fsp3) is 0.125. The van der Waals surface area contributed by atoms with Crippen molar-refractivity contribution in [1.29, 1.82) is 0 Å². The zero-order valence-electron chi connectivity index (χ0n) is 15.9. The van der Waals surface area contributed by atoms with E-state index in [0.717, 1.165) is 15.8 Å². The van der Waals surface area contributed by atoms with Gasteiger partial charge in [-0.1, -0.05) is 60.1 Å².